The first kappa shape index (κ1) is 16.7. The molecule has 0 bridgehead atoms. The van der Waals surface area contributed by atoms with E-state index in [1.54, 1.807) is 4.90 Å². The molecular formula is C16H23N3O2S. The van der Waals surface area contributed by atoms with Crippen molar-refractivity contribution >= 4 is 28.6 Å². The van der Waals surface area contributed by atoms with Gasteiger partial charge >= 0.3 is 0 Å². The average Bonchev–Trinajstić information content (AvgIpc) is 2.95. The molecule has 0 aromatic heterocycles. The fourth-order valence-corrected chi connectivity index (χ4v) is 3.16. The monoisotopic (exact) mass is 321 g/mol. The first-order valence-corrected chi connectivity index (χ1v) is 8.60. The summed E-state index contributed by atoms with van der Waals surface area (Å²) in [7, 11) is 2.05. The first-order valence-electron chi connectivity index (χ1n) is 7.61. The van der Waals surface area contributed by atoms with Crippen LogP contribution in [0.4, 0.5) is 10.5 Å². The van der Waals surface area contributed by atoms with Crippen LogP contribution in [-0.2, 0) is 4.79 Å². The normalized spacial score (nSPS) is 14.2. The lowest BCUT2D eigenvalue weighted by molar-refractivity contribution is -0.121. The topological polar surface area (TPSA) is 52.7 Å². The zero-order valence-electron chi connectivity index (χ0n) is 13.0. The number of carbonyl (C=O) groups is 2. The molecule has 1 aliphatic heterocycles. The van der Waals surface area contributed by atoms with Gasteiger partial charge < -0.3 is 15.1 Å². The maximum atomic E-state index is 11.8. The summed E-state index contributed by atoms with van der Waals surface area (Å²) in [5.41, 5.74) is 1.18. The van der Waals surface area contributed by atoms with Gasteiger partial charge in [0.15, 0.2) is 0 Å². The molecule has 2 rings (SSSR count). The minimum Gasteiger partial charge on any atom is -0.375 e. The van der Waals surface area contributed by atoms with E-state index in [0.29, 0.717) is 19.5 Å². The zero-order valence-corrected chi connectivity index (χ0v) is 13.8. The number of anilines is 1. The van der Waals surface area contributed by atoms with Crippen LogP contribution in [0, 0.1) is 0 Å². The predicted molar refractivity (Wildman–Crippen MR) is 91.4 cm³/mol. The van der Waals surface area contributed by atoms with Gasteiger partial charge in [-0.1, -0.05) is 30.0 Å². The second-order valence-electron chi connectivity index (χ2n) is 5.31. The Bertz CT molecular complexity index is 495. The summed E-state index contributed by atoms with van der Waals surface area (Å²) in [5, 5.41) is 3.01. The number of hydrogen-bond acceptors (Lipinski definition) is 4. The second-order valence-corrected chi connectivity index (χ2v) is 6.36. The summed E-state index contributed by atoms with van der Waals surface area (Å²) < 4.78 is 0. The third-order valence-corrected chi connectivity index (χ3v) is 4.54. The third-order valence-electron chi connectivity index (χ3n) is 3.64. The Morgan fingerprint density at radius 1 is 1.36 bits per heavy atom. The van der Waals surface area contributed by atoms with Crippen LogP contribution in [0.5, 0.6) is 0 Å². The lowest BCUT2D eigenvalue weighted by Gasteiger charge is -2.19. The van der Waals surface area contributed by atoms with Crippen molar-refractivity contribution in [1.29, 1.82) is 0 Å². The largest absolute Gasteiger partial charge is 0.375 e. The highest BCUT2D eigenvalue weighted by atomic mass is 32.2. The highest BCUT2D eigenvalue weighted by Gasteiger charge is 2.21. The van der Waals surface area contributed by atoms with E-state index >= 15 is 0 Å². The molecule has 0 aliphatic carbocycles. The van der Waals surface area contributed by atoms with Crippen LogP contribution in [0.1, 0.15) is 12.8 Å². The molecule has 2 amide bonds. The SMILES string of the molecule is CN(CCCNC(=O)CCN1CCSC1=O)c1ccccc1. The summed E-state index contributed by atoms with van der Waals surface area (Å²) in [6.07, 6.45) is 1.29. The van der Waals surface area contributed by atoms with Crippen LogP contribution in [0.2, 0.25) is 0 Å². The molecule has 22 heavy (non-hydrogen) atoms. The van der Waals surface area contributed by atoms with Crippen LogP contribution >= 0.6 is 11.8 Å². The molecule has 120 valence electrons. The van der Waals surface area contributed by atoms with Crippen molar-refractivity contribution in [1.82, 2.24) is 10.2 Å². The number of hydrogen-bond donors (Lipinski definition) is 1. The van der Waals surface area contributed by atoms with E-state index in [0.717, 1.165) is 25.3 Å². The average molecular weight is 321 g/mol. The minimum absolute atomic E-state index is 0.0204. The lowest BCUT2D eigenvalue weighted by atomic mass is 10.3. The van der Waals surface area contributed by atoms with E-state index in [4.69, 9.17) is 0 Å². The number of para-hydroxylation sites is 1. The van der Waals surface area contributed by atoms with Crippen LogP contribution in [0.3, 0.4) is 0 Å². The third kappa shape index (κ3) is 5.26. The Kier molecular flexibility index (Phi) is 6.58. The minimum atomic E-state index is 0.0204. The highest BCUT2D eigenvalue weighted by molar-refractivity contribution is 8.13. The standard InChI is InChI=1S/C16H23N3O2S/c1-18(14-6-3-2-4-7-14)10-5-9-17-15(20)8-11-19-12-13-22-16(19)21/h2-4,6-7H,5,8-13H2,1H3,(H,17,20). The van der Waals surface area contributed by atoms with Gasteiger partial charge in [0.1, 0.15) is 0 Å². The Balaban J connectivity index is 1.56. The Hall–Kier alpha value is -1.69. The molecule has 1 N–H and O–H groups in total. The Morgan fingerprint density at radius 2 is 2.14 bits per heavy atom. The lowest BCUT2D eigenvalue weighted by Crippen LogP contribution is -2.32. The molecule has 1 fully saturated rings. The van der Waals surface area contributed by atoms with E-state index < -0.39 is 0 Å². The number of carbonyl (C=O) groups excluding carboxylic acids is 2. The summed E-state index contributed by atoms with van der Waals surface area (Å²) in [6.45, 7) is 2.85. The molecule has 0 unspecified atom stereocenters. The molecule has 0 atom stereocenters. The fourth-order valence-electron chi connectivity index (χ4n) is 2.31. The maximum absolute atomic E-state index is 11.8. The van der Waals surface area contributed by atoms with E-state index in [1.165, 1.54) is 17.4 Å². The van der Waals surface area contributed by atoms with Crippen LogP contribution in [-0.4, -0.2) is 55.0 Å². The summed E-state index contributed by atoms with van der Waals surface area (Å²) in [6, 6.07) is 10.2. The Labute approximate surface area is 136 Å². The van der Waals surface area contributed by atoms with E-state index in [2.05, 4.69) is 22.3 Å². The first-order chi connectivity index (χ1) is 10.7. The molecule has 1 aromatic rings. The molecule has 0 saturated carbocycles. The number of thioether (sulfide) groups is 1. The molecule has 1 aliphatic rings. The Morgan fingerprint density at radius 3 is 2.82 bits per heavy atom. The molecule has 0 radical (unpaired) electrons. The van der Waals surface area contributed by atoms with Gasteiger partial charge in [0.2, 0.25) is 5.91 Å². The van der Waals surface area contributed by atoms with Gasteiger partial charge in [-0.05, 0) is 18.6 Å². The van der Waals surface area contributed by atoms with E-state index in [-0.39, 0.29) is 11.1 Å². The van der Waals surface area contributed by atoms with Gasteiger partial charge in [-0.2, -0.15) is 0 Å². The van der Waals surface area contributed by atoms with Crippen LogP contribution in [0.25, 0.3) is 0 Å². The van der Waals surface area contributed by atoms with Crippen molar-refractivity contribution < 1.29 is 9.59 Å². The zero-order chi connectivity index (χ0) is 15.8. The van der Waals surface area contributed by atoms with Gasteiger partial charge in [-0.15, -0.1) is 0 Å². The van der Waals surface area contributed by atoms with Crippen molar-refractivity contribution in [2.45, 2.75) is 12.8 Å². The highest BCUT2D eigenvalue weighted by Crippen LogP contribution is 2.16. The van der Waals surface area contributed by atoms with Gasteiger partial charge in [0, 0.05) is 51.1 Å². The van der Waals surface area contributed by atoms with Crippen molar-refractivity contribution in [3.63, 3.8) is 0 Å². The van der Waals surface area contributed by atoms with Crippen LogP contribution < -0.4 is 10.2 Å². The van der Waals surface area contributed by atoms with Crippen LogP contribution in [0.15, 0.2) is 30.3 Å². The van der Waals surface area contributed by atoms with Crippen molar-refractivity contribution in [2.75, 3.05) is 43.9 Å². The quantitative estimate of drug-likeness (QED) is 0.746. The van der Waals surface area contributed by atoms with Gasteiger partial charge in [-0.3, -0.25) is 9.59 Å². The maximum Gasteiger partial charge on any atom is 0.281 e. The summed E-state index contributed by atoms with van der Waals surface area (Å²) in [4.78, 5) is 27.1. The fraction of sp³-hybridized carbons (Fsp3) is 0.500. The summed E-state index contributed by atoms with van der Waals surface area (Å²) in [5.74, 6) is 0.860. The van der Waals surface area contributed by atoms with Gasteiger partial charge in [0.05, 0.1) is 0 Å². The number of nitrogens with one attached hydrogen (secondary N) is 1. The molecule has 6 heteroatoms. The summed E-state index contributed by atoms with van der Waals surface area (Å²) >= 11 is 1.33. The molecule has 1 saturated heterocycles. The van der Waals surface area contributed by atoms with Crippen molar-refractivity contribution in [2.24, 2.45) is 0 Å². The number of amides is 2. The number of benzene rings is 1. The van der Waals surface area contributed by atoms with Gasteiger partial charge in [-0.25, -0.2) is 0 Å². The number of rotatable bonds is 8. The molecule has 0 spiro atoms. The molecule has 1 heterocycles. The molecular weight excluding hydrogens is 298 g/mol. The smallest absolute Gasteiger partial charge is 0.281 e. The van der Waals surface area contributed by atoms with Crippen molar-refractivity contribution in [3.05, 3.63) is 30.3 Å². The van der Waals surface area contributed by atoms with E-state index in [1.807, 2.05) is 25.2 Å². The van der Waals surface area contributed by atoms with E-state index in [9.17, 15) is 9.59 Å². The number of nitrogens with zero attached hydrogens (tertiary/aromatic N) is 2. The van der Waals surface area contributed by atoms with Crippen molar-refractivity contribution in [3.8, 4) is 0 Å². The van der Waals surface area contributed by atoms with Gasteiger partial charge in [0.25, 0.3) is 5.24 Å². The molecule has 1 aromatic carbocycles. The molecule has 5 nitrogen and oxygen atoms in total. The second kappa shape index (κ2) is 8.68. The predicted octanol–water partition coefficient (Wildman–Crippen LogP) is 2.19.